The molecule has 0 saturated heterocycles. The second-order valence-corrected chi connectivity index (χ2v) is 6.54. The van der Waals surface area contributed by atoms with E-state index < -0.39 is 18.5 Å². The average molecular weight is 388 g/mol. The molecule has 8 nitrogen and oxygen atoms in total. The molecular formula is C18H18ClN5O3. The Hall–Kier alpha value is -3.00. The van der Waals surface area contributed by atoms with Crippen molar-refractivity contribution in [3.05, 3.63) is 58.1 Å². The molecule has 9 heteroatoms. The minimum atomic E-state index is -0.789. The maximum absolute atomic E-state index is 12.1. The molecule has 0 unspecified atom stereocenters. The SMILES string of the molecule is Cc1cc(C)n2nc(C(=O)OCC(=O)N[C@H](C)c3cccc(Cl)c3)nc2n1. The number of hydrogen-bond donors (Lipinski definition) is 1. The number of ether oxygens (including phenoxy) is 1. The standard InChI is InChI=1S/C18H18ClN5O3/c1-10-7-11(2)24-18(20-10)22-16(23-24)17(26)27-9-15(25)21-12(3)13-5-4-6-14(19)8-13/h4-8,12H,9H2,1-3H3,(H,21,25)/t12-/m1/s1. The smallest absolute Gasteiger partial charge is 0.378 e. The first kappa shape index (κ1) is 18.8. The van der Waals surface area contributed by atoms with Crippen LogP contribution in [0.5, 0.6) is 0 Å². The highest BCUT2D eigenvalue weighted by Gasteiger charge is 2.18. The van der Waals surface area contributed by atoms with Crippen LogP contribution in [0.15, 0.2) is 30.3 Å². The van der Waals surface area contributed by atoms with Gasteiger partial charge in [0, 0.05) is 16.4 Å². The Morgan fingerprint density at radius 1 is 1.26 bits per heavy atom. The van der Waals surface area contributed by atoms with Gasteiger partial charge >= 0.3 is 5.97 Å². The Balaban J connectivity index is 1.60. The Labute approximate surface area is 160 Å². The first-order valence-corrected chi connectivity index (χ1v) is 8.64. The second kappa shape index (κ2) is 7.71. The van der Waals surface area contributed by atoms with Crippen LogP contribution in [0.2, 0.25) is 5.02 Å². The fourth-order valence-corrected chi connectivity index (χ4v) is 2.79. The van der Waals surface area contributed by atoms with Crippen molar-refractivity contribution in [2.75, 3.05) is 6.61 Å². The van der Waals surface area contributed by atoms with Gasteiger partial charge in [-0.15, -0.1) is 5.10 Å². The van der Waals surface area contributed by atoms with E-state index in [4.69, 9.17) is 16.3 Å². The molecule has 1 atom stereocenters. The zero-order valence-corrected chi connectivity index (χ0v) is 15.8. The summed E-state index contributed by atoms with van der Waals surface area (Å²) < 4.78 is 6.46. The van der Waals surface area contributed by atoms with E-state index in [0.29, 0.717) is 10.8 Å². The molecule has 0 bridgehead atoms. The van der Waals surface area contributed by atoms with Gasteiger partial charge in [-0.25, -0.2) is 14.3 Å². The van der Waals surface area contributed by atoms with Gasteiger partial charge in [0.25, 0.3) is 17.5 Å². The summed E-state index contributed by atoms with van der Waals surface area (Å²) >= 11 is 5.95. The normalized spacial score (nSPS) is 12.0. The highest BCUT2D eigenvalue weighted by Crippen LogP contribution is 2.17. The van der Waals surface area contributed by atoms with Crippen LogP contribution in [0, 0.1) is 13.8 Å². The Bertz CT molecular complexity index is 1020. The fourth-order valence-electron chi connectivity index (χ4n) is 2.59. The van der Waals surface area contributed by atoms with Gasteiger partial charge in [-0.1, -0.05) is 23.7 Å². The van der Waals surface area contributed by atoms with Crippen molar-refractivity contribution in [3.63, 3.8) is 0 Å². The molecular weight excluding hydrogens is 370 g/mol. The average Bonchev–Trinajstić information content (AvgIpc) is 3.04. The molecule has 0 aliphatic heterocycles. The number of amides is 1. The quantitative estimate of drug-likeness (QED) is 0.675. The molecule has 3 aromatic rings. The van der Waals surface area contributed by atoms with Gasteiger partial charge in [-0.3, -0.25) is 4.79 Å². The van der Waals surface area contributed by atoms with E-state index in [2.05, 4.69) is 20.4 Å². The molecule has 0 aliphatic rings. The number of carbonyl (C=O) groups excluding carboxylic acids is 2. The summed E-state index contributed by atoms with van der Waals surface area (Å²) in [7, 11) is 0. The number of halogens is 1. The third kappa shape index (κ3) is 4.40. The highest BCUT2D eigenvalue weighted by molar-refractivity contribution is 6.30. The van der Waals surface area contributed by atoms with Crippen molar-refractivity contribution in [1.82, 2.24) is 24.9 Å². The van der Waals surface area contributed by atoms with Crippen molar-refractivity contribution in [2.45, 2.75) is 26.8 Å². The van der Waals surface area contributed by atoms with Crippen LogP contribution in [-0.4, -0.2) is 38.1 Å². The van der Waals surface area contributed by atoms with E-state index in [1.165, 1.54) is 4.52 Å². The molecule has 0 radical (unpaired) electrons. The summed E-state index contributed by atoms with van der Waals surface area (Å²) in [5, 5.41) is 7.39. The lowest BCUT2D eigenvalue weighted by Crippen LogP contribution is -2.31. The number of nitrogens with zero attached hydrogens (tertiary/aromatic N) is 4. The first-order chi connectivity index (χ1) is 12.8. The van der Waals surface area contributed by atoms with Crippen LogP contribution in [0.25, 0.3) is 5.78 Å². The van der Waals surface area contributed by atoms with Crippen LogP contribution in [0.1, 0.15) is 40.5 Å². The van der Waals surface area contributed by atoms with E-state index in [1.54, 1.807) is 18.2 Å². The molecule has 1 N–H and O–H groups in total. The molecule has 140 valence electrons. The number of carbonyl (C=O) groups is 2. The van der Waals surface area contributed by atoms with Gasteiger partial charge in [-0.05, 0) is 44.5 Å². The Morgan fingerprint density at radius 2 is 2.04 bits per heavy atom. The molecule has 27 heavy (non-hydrogen) atoms. The number of hydrogen-bond acceptors (Lipinski definition) is 6. The number of aryl methyl sites for hydroxylation is 2. The van der Waals surface area contributed by atoms with Crippen molar-refractivity contribution in [2.24, 2.45) is 0 Å². The van der Waals surface area contributed by atoms with Gasteiger partial charge < -0.3 is 10.1 Å². The number of esters is 1. The molecule has 0 saturated carbocycles. The molecule has 1 amide bonds. The van der Waals surface area contributed by atoms with Crippen LogP contribution in [0.3, 0.4) is 0 Å². The monoisotopic (exact) mass is 387 g/mol. The topological polar surface area (TPSA) is 98.5 Å². The van der Waals surface area contributed by atoms with Gasteiger partial charge in [0.1, 0.15) is 0 Å². The molecule has 0 spiro atoms. The van der Waals surface area contributed by atoms with Crippen molar-refractivity contribution < 1.29 is 14.3 Å². The summed E-state index contributed by atoms with van der Waals surface area (Å²) in [5.41, 5.74) is 2.40. The number of aromatic nitrogens is 4. The summed E-state index contributed by atoms with van der Waals surface area (Å²) in [6, 6.07) is 8.70. The van der Waals surface area contributed by atoms with Gasteiger partial charge in [-0.2, -0.15) is 4.98 Å². The van der Waals surface area contributed by atoms with Crippen LogP contribution in [0.4, 0.5) is 0 Å². The largest absolute Gasteiger partial charge is 0.450 e. The predicted molar refractivity (Wildman–Crippen MR) is 98.5 cm³/mol. The first-order valence-electron chi connectivity index (χ1n) is 8.26. The lowest BCUT2D eigenvalue weighted by atomic mass is 10.1. The minimum absolute atomic E-state index is 0.146. The number of rotatable bonds is 5. The highest BCUT2D eigenvalue weighted by atomic mass is 35.5. The molecule has 2 aromatic heterocycles. The van der Waals surface area contributed by atoms with Crippen LogP contribution in [-0.2, 0) is 9.53 Å². The van der Waals surface area contributed by atoms with Gasteiger partial charge in [0.2, 0.25) is 0 Å². The summed E-state index contributed by atoms with van der Waals surface area (Å²) in [5.74, 6) is -1.07. The summed E-state index contributed by atoms with van der Waals surface area (Å²) in [6.07, 6.45) is 0. The minimum Gasteiger partial charge on any atom is -0.450 e. The van der Waals surface area contributed by atoms with E-state index in [1.807, 2.05) is 32.9 Å². The number of benzene rings is 1. The van der Waals surface area contributed by atoms with Crippen molar-refractivity contribution in [1.29, 1.82) is 0 Å². The lowest BCUT2D eigenvalue weighted by molar-refractivity contribution is -0.124. The van der Waals surface area contributed by atoms with Gasteiger partial charge in [0.15, 0.2) is 6.61 Å². The lowest BCUT2D eigenvalue weighted by Gasteiger charge is -2.14. The van der Waals surface area contributed by atoms with Crippen molar-refractivity contribution >= 4 is 29.3 Å². The molecule has 0 fully saturated rings. The molecule has 0 aliphatic carbocycles. The Morgan fingerprint density at radius 3 is 2.78 bits per heavy atom. The van der Waals surface area contributed by atoms with E-state index in [-0.39, 0.29) is 11.9 Å². The maximum atomic E-state index is 12.1. The van der Waals surface area contributed by atoms with Crippen LogP contribution >= 0.6 is 11.6 Å². The zero-order chi connectivity index (χ0) is 19.6. The fraction of sp³-hybridized carbons (Fsp3) is 0.278. The van der Waals surface area contributed by atoms with E-state index >= 15 is 0 Å². The summed E-state index contributed by atoms with van der Waals surface area (Å²) in [4.78, 5) is 32.4. The maximum Gasteiger partial charge on any atom is 0.378 e. The Kier molecular flexibility index (Phi) is 5.36. The second-order valence-electron chi connectivity index (χ2n) is 6.11. The van der Waals surface area contributed by atoms with Gasteiger partial charge in [0.05, 0.1) is 6.04 Å². The van der Waals surface area contributed by atoms with Crippen molar-refractivity contribution in [3.8, 4) is 0 Å². The molecule has 1 aromatic carbocycles. The molecule has 2 heterocycles. The third-order valence-corrected chi connectivity index (χ3v) is 4.10. The van der Waals surface area contributed by atoms with E-state index in [0.717, 1.165) is 17.0 Å². The number of fused-ring (bicyclic) bond motifs is 1. The van der Waals surface area contributed by atoms with Crippen LogP contribution < -0.4 is 5.32 Å². The zero-order valence-electron chi connectivity index (χ0n) is 15.1. The summed E-state index contributed by atoms with van der Waals surface area (Å²) in [6.45, 7) is 5.03. The predicted octanol–water partition coefficient (Wildman–Crippen LogP) is 2.43. The third-order valence-electron chi connectivity index (χ3n) is 3.86. The number of nitrogens with one attached hydrogen (secondary N) is 1. The van der Waals surface area contributed by atoms with E-state index in [9.17, 15) is 9.59 Å². The molecule has 3 rings (SSSR count).